The van der Waals surface area contributed by atoms with E-state index in [0.717, 1.165) is 17.4 Å². The summed E-state index contributed by atoms with van der Waals surface area (Å²) in [4.78, 5) is 0. The summed E-state index contributed by atoms with van der Waals surface area (Å²) in [6.45, 7) is 5.38. The van der Waals surface area contributed by atoms with Crippen molar-refractivity contribution in [1.29, 1.82) is 0 Å². The molecular formula is C15H18BrNS. The third kappa shape index (κ3) is 3.94. The number of rotatable bonds is 5. The molecule has 1 aromatic heterocycles. The van der Waals surface area contributed by atoms with Gasteiger partial charge in [0.15, 0.2) is 0 Å². The third-order valence-corrected chi connectivity index (χ3v) is 4.50. The summed E-state index contributed by atoms with van der Waals surface area (Å²) in [7, 11) is 0. The summed E-state index contributed by atoms with van der Waals surface area (Å²) in [5.74, 6) is 0. The first-order valence-corrected chi connectivity index (χ1v) is 7.88. The number of hydrogen-bond donors (Lipinski definition) is 1. The van der Waals surface area contributed by atoms with Gasteiger partial charge in [0.25, 0.3) is 0 Å². The van der Waals surface area contributed by atoms with Gasteiger partial charge in [-0.1, -0.05) is 28.1 Å². The van der Waals surface area contributed by atoms with Crippen LogP contribution in [0.1, 0.15) is 23.6 Å². The minimum Gasteiger partial charge on any atom is -0.310 e. The zero-order valence-electron chi connectivity index (χ0n) is 10.7. The van der Waals surface area contributed by atoms with Crippen molar-refractivity contribution in [1.82, 2.24) is 5.32 Å². The molecule has 18 heavy (non-hydrogen) atoms. The van der Waals surface area contributed by atoms with E-state index in [1.807, 2.05) is 0 Å². The molecule has 96 valence electrons. The molecule has 2 aromatic rings. The van der Waals surface area contributed by atoms with Crippen LogP contribution in [0.15, 0.2) is 39.5 Å². The maximum Gasteiger partial charge on any atom is 0.0218 e. The zero-order chi connectivity index (χ0) is 13.0. The molecule has 0 aliphatic rings. The summed E-state index contributed by atoms with van der Waals surface area (Å²) in [5.41, 5.74) is 4.19. The van der Waals surface area contributed by atoms with Crippen LogP contribution >= 0.6 is 27.3 Å². The first kappa shape index (κ1) is 13.8. The van der Waals surface area contributed by atoms with Crippen LogP contribution in [-0.4, -0.2) is 6.04 Å². The lowest BCUT2D eigenvalue weighted by Gasteiger charge is -2.14. The SMILES string of the molecule is Cc1cscc1CNC(C)Cc1ccc(Br)cc1. The van der Waals surface area contributed by atoms with E-state index in [1.54, 1.807) is 11.3 Å². The van der Waals surface area contributed by atoms with E-state index in [1.165, 1.54) is 16.7 Å². The van der Waals surface area contributed by atoms with Crippen LogP contribution in [0.2, 0.25) is 0 Å². The predicted octanol–water partition coefficient (Wildman–Crippen LogP) is 4.54. The molecular weight excluding hydrogens is 306 g/mol. The van der Waals surface area contributed by atoms with Gasteiger partial charge in [-0.05, 0) is 59.9 Å². The number of halogens is 1. The maximum atomic E-state index is 3.58. The average Bonchev–Trinajstić information content (AvgIpc) is 2.75. The molecule has 1 nitrogen and oxygen atoms in total. The van der Waals surface area contributed by atoms with Crippen molar-refractivity contribution >= 4 is 27.3 Å². The molecule has 0 radical (unpaired) electrons. The van der Waals surface area contributed by atoms with Gasteiger partial charge in [0.05, 0.1) is 0 Å². The quantitative estimate of drug-likeness (QED) is 0.851. The first-order valence-electron chi connectivity index (χ1n) is 6.14. The first-order chi connectivity index (χ1) is 8.65. The van der Waals surface area contributed by atoms with Gasteiger partial charge in [-0.3, -0.25) is 0 Å². The van der Waals surface area contributed by atoms with Crippen molar-refractivity contribution < 1.29 is 0 Å². The van der Waals surface area contributed by atoms with Crippen molar-refractivity contribution in [3.63, 3.8) is 0 Å². The summed E-state index contributed by atoms with van der Waals surface area (Å²) >= 11 is 5.24. The molecule has 0 aliphatic heterocycles. The van der Waals surface area contributed by atoms with Gasteiger partial charge < -0.3 is 5.32 Å². The highest BCUT2D eigenvalue weighted by Crippen LogP contribution is 2.14. The highest BCUT2D eigenvalue weighted by Gasteiger charge is 2.05. The molecule has 0 bridgehead atoms. The van der Waals surface area contributed by atoms with Gasteiger partial charge in [0.2, 0.25) is 0 Å². The molecule has 1 heterocycles. The van der Waals surface area contributed by atoms with Crippen molar-refractivity contribution in [2.24, 2.45) is 0 Å². The Hall–Kier alpha value is -0.640. The van der Waals surface area contributed by atoms with E-state index < -0.39 is 0 Å². The fraction of sp³-hybridized carbons (Fsp3) is 0.333. The fourth-order valence-corrected chi connectivity index (χ4v) is 3.02. The highest BCUT2D eigenvalue weighted by atomic mass is 79.9. The van der Waals surface area contributed by atoms with Crippen LogP contribution in [0.4, 0.5) is 0 Å². The fourth-order valence-electron chi connectivity index (χ4n) is 1.90. The largest absolute Gasteiger partial charge is 0.310 e. The van der Waals surface area contributed by atoms with Crippen LogP contribution in [0.5, 0.6) is 0 Å². The van der Waals surface area contributed by atoms with Gasteiger partial charge in [-0.25, -0.2) is 0 Å². The van der Waals surface area contributed by atoms with Crippen molar-refractivity contribution in [3.05, 3.63) is 56.2 Å². The van der Waals surface area contributed by atoms with Crippen molar-refractivity contribution in [3.8, 4) is 0 Å². The lowest BCUT2D eigenvalue weighted by molar-refractivity contribution is 0.545. The van der Waals surface area contributed by atoms with Gasteiger partial charge in [0.1, 0.15) is 0 Å². The smallest absolute Gasteiger partial charge is 0.0218 e. The second-order valence-electron chi connectivity index (χ2n) is 4.69. The molecule has 0 amide bonds. The van der Waals surface area contributed by atoms with E-state index in [0.29, 0.717) is 6.04 Å². The second kappa shape index (κ2) is 6.50. The molecule has 1 aromatic carbocycles. The van der Waals surface area contributed by atoms with Crippen molar-refractivity contribution in [2.45, 2.75) is 32.9 Å². The molecule has 2 rings (SSSR count). The Morgan fingerprint density at radius 1 is 1.22 bits per heavy atom. The predicted molar refractivity (Wildman–Crippen MR) is 83.2 cm³/mol. The number of benzene rings is 1. The molecule has 3 heteroatoms. The Labute approximate surface area is 121 Å². The van der Waals surface area contributed by atoms with E-state index in [9.17, 15) is 0 Å². The third-order valence-electron chi connectivity index (χ3n) is 3.06. The molecule has 0 fully saturated rings. The summed E-state index contributed by atoms with van der Waals surface area (Å²) in [6.07, 6.45) is 1.07. The van der Waals surface area contributed by atoms with Crippen molar-refractivity contribution in [2.75, 3.05) is 0 Å². The van der Waals surface area contributed by atoms with Gasteiger partial charge >= 0.3 is 0 Å². The molecule has 1 unspecified atom stereocenters. The van der Waals surface area contributed by atoms with E-state index in [4.69, 9.17) is 0 Å². The maximum absolute atomic E-state index is 3.58. The minimum absolute atomic E-state index is 0.491. The zero-order valence-corrected chi connectivity index (χ0v) is 13.1. The van der Waals surface area contributed by atoms with E-state index in [2.05, 4.69) is 70.1 Å². The Balaban J connectivity index is 1.83. The van der Waals surface area contributed by atoms with Gasteiger partial charge in [0, 0.05) is 17.1 Å². The Kier molecular flexibility index (Phi) is 4.98. The standard InChI is InChI=1S/C15H18BrNS/c1-11-9-18-10-14(11)8-17-12(2)7-13-3-5-15(16)6-4-13/h3-6,9-10,12,17H,7-8H2,1-2H3. The number of nitrogens with one attached hydrogen (secondary N) is 1. The van der Waals surface area contributed by atoms with Crippen LogP contribution in [0.3, 0.4) is 0 Å². The van der Waals surface area contributed by atoms with E-state index in [-0.39, 0.29) is 0 Å². The Bertz CT molecular complexity index is 489. The van der Waals surface area contributed by atoms with E-state index >= 15 is 0 Å². The molecule has 0 saturated heterocycles. The number of thiophene rings is 1. The van der Waals surface area contributed by atoms with Crippen LogP contribution in [-0.2, 0) is 13.0 Å². The van der Waals surface area contributed by atoms with Crippen LogP contribution in [0.25, 0.3) is 0 Å². The topological polar surface area (TPSA) is 12.0 Å². The monoisotopic (exact) mass is 323 g/mol. The number of hydrogen-bond acceptors (Lipinski definition) is 2. The summed E-state index contributed by atoms with van der Waals surface area (Å²) in [5, 5.41) is 8.02. The molecule has 0 spiro atoms. The summed E-state index contributed by atoms with van der Waals surface area (Å²) < 4.78 is 1.14. The highest BCUT2D eigenvalue weighted by molar-refractivity contribution is 9.10. The van der Waals surface area contributed by atoms with Gasteiger partial charge in [-0.15, -0.1) is 0 Å². The molecule has 1 atom stereocenters. The summed E-state index contributed by atoms with van der Waals surface area (Å²) in [6, 6.07) is 9.05. The average molecular weight is 324 g/mol. The van der Waals surface area contributed by atoms with Crippen LogP contribution < -0.4 is 5.32 Å². The lowest BCUT2D eigenvalue weighted by Crippen LogP contribution is -2.27. The lowest BCUT2D eigenvalue weighted by atomic mass is 10.1. The Morgan fingerprint density at radius 2 is 1.94 bits per heavy atom. The Morgan fingerprint density at radius 3 is 2.56 bits per heavy atom. The number of aryl methyl sites for hydroxylation is 1. The van der Waals surface area contributed by atoms with Gasteiger partial charge in [-0.2, -0.15) is 11.3 Å². The normalized spacial score (nSPS) is 12.6. The second-order valence-corrected chi connectivity index (χ2v) is 6.35. The van der Waals surface area contributed by atoms with Crippen LogP contribution in [0, 0.1) is 6.92 Å². The molecule has 1 N–H and O–H groups in total. The minimum atomic E-state index is 0.491. The molecule has 0 aliphatic carbocycles. The molecule has 0 saturated carbocycles.